The van der Waals surface area contributed by atoms with Crippen LogP contribution in [-0.4, -0.2) is 23.1 Å². The summed E-state index contributed by atoms with van der Waals surface area (Å²) in [6, 6.07) is 12.7. The fourth-order valence-corrected chi connectivity index (χ4v) is 2.82. The Morgan fingerprint density at radius 1 is 1.19 bits per heavy atom. The van der Waals surface area contributed by atoms with Gasteiger partial charge in [0.1, 0.15) is 0 Å². The average molecular weight is 344 g/mol. The van der Waals surface area contributed by atoms with Crippen molar-refractivity contribution < 1.29 is 0 Å². The highest BCUT2D eigenvalue weighted by Crippen LogP contribution is 2.22. The molecule has 1 N–H and O–H groups in total. The number of nitrogens with one attached hydrogen (secondary N) is 1. The predicted molar refractivity (Wildman–Crippen MR) is 90.6 cm³/mol. The van der Waals surface area contributed by atoms with Crippen LogP contribution in [0.1, 0.15) is 11.3 Å². The van der Waals surface area contributed by atoms with Gasteiger partial charge in [0.2, 0.25) is 0 Å². The Kier molecular flexibility index (Phi) is 4.36. The number of rotatable bonds is 5. The van der Waals surface area contributed by atoms with Gasteiger partial charge in [-0.15, -0.1) is 0 Å². The van der Waals surface area contributed by atoms with Crippen LogP contribution >= 0.6 is 15.9 Å². The summed E-state index contributed by atoms with van der Waals surface area (Å²) in [6.45, 7) is 1.79. The van der Waals surface area contributed by atoms with Gasteiger partial charge in [0.05, 0.1) is 12.2 Å². The molecule has 2 heterocycles. The standard InChI is InChI=1S/C17H18BrN3/c1-19-9-8-13-11-21(17-5-3-2-4-16(13)17)12-15-7-6-14(18)10-20-15/h2-7,10-11,19H,8-9,12H2,1H3. The molecule has 3 aromatic rings. The number of fused-ring (bicyclic) bond motifs is 1. The van der Waals surface area contributed by atoms with E-state index < -0.39 is 0 Å². The number of hydrogen-bond acceptors (Lipinski definition) is 2. The second kappa shape index (κ2) is 6.41. The van der Waals surface area contributed by atoms with Gasteiger partial charge in [0.15, 0.2) is 0 Å². The van der Waals surface area contributed by atoms with Gasteiger partial charge in [0, 0.05) is 27.8 Å². The molecule has 2 aromatic heterocycles. The van der Waals surface area contributed by atoms with Crippen LogP contribution in [0.5, 0.6) is 0 Å². The second-order valence-electron chi connectivity index (χ2n) is 5.12. The lowest BCUT2D eigenvalue weighted by Crippen LogP contribution is -2.10. The van der Waals surface area contributed by atoms with Crippen LogP contribution in [0.15, 0.2) is 53.3 Å². The first-order valence-corrected chi connectivity index (χ1v) is 7.89. The Bertz CT molecular complexity index is 731. The minimum absolute atomic E-state index is 0.799. The zero-order valence-corrected chi connectivity index (χ0v) is 13.6. The highest BCUT2D eigenvalue weighted by molar-refractivity contribution is 9.10. The van der Waals surface area contributed by atoms with Crippen LogP contribution in [0.25, 0.3) is 10.9 Å². The highest BCUT2D eigenvalue weighted by atomic mass is 79.9. The SMILES string of the molecule is CNCCc1cn(Cc2ccc(Br)cn2)c2ccccc12. The zero-order chi connectivity index (χ0) is 14.7. The first kappa shape index (κ1) is 14.3. The smallest absolute Gasteiger partial charge is 0.0648 e. The van der Waals surface area contributed by atoms with Gasteiger partial charge < -0.3 is 9.88 Å². The predicted octanol–water partition coefficient (Wildman–Crippen LogP) is 3.61. The largest absolute Gasteiger partial charge is 0.341 e. The van der Waals surface area contributed by atoms with Gasteiger partial charge in [-0.05, 0) is 59.7 Å². The average Bonchev–Trinajstić information content (AvgIpc) is 2.86. The van der Waals surface area contributed by atoms with Gasteiger partial charge in [-0.1, -0.05) is 18.2 Å². The van der Waals surface area contributed by atoms with Gasteiger partial charge in [0.25, 0.3) is 0 Å². The molecule has 0 unspecified atom stereocenters. The summed E-state index contributed by atoms with van der Waals surface area (Å²) < 4.78 is 3.30. The minimum atomic E-state index is 0.799. The van der Waals surface area contributed by atoms with Crippen molar-refractivity contribution in [3.8, 4) is 0 Å². The van der Waals surface area contributed by atoms with E-state index in [1.807, 2.05) is 19.3 Å². The third-order valence-corrected chi connectivity index (χ3v) is 4.11. The van der Waals surface area contributed by atoms with Gasteiger partial charge in [-0.2, -0.15) is 0 Å². The van der Waals surface area contributed by atoms with Crippen LogP contribution in [0.4, 0.5) is 0 Å². The van der Waals surface area contributed by atoms with Crippen LogP contribution in [0.3, 0.4) is 0 Å². The molecule has 0 aliphatic heterocycles. The Balaban J connectivity index is 1.96. The van der Waals surface area contributed by atoms with Crippen molar-refractivity contribution in [1.82, 2.24) is 14.9 Å². The summed E-state index contributed by atoms with van der Waals surface area (Å²) in [5, 5.41) is 4.56. The summed E-state index contributed by atoms with van der Waals surface area (Å²) in [4.78, 5) is 4.47. The van der Waals surface area contributed by atoms with Gasteiger partial charge >= 0.3 is 0 Å². The number of likely N-dealkylation sites (N-methyl/N-ethyl adjacent to an activating group) is 1. The van der Waals surface area contributed by atoms with E-state index in [0.29, 0.717) is 0 Å². The normalized spacial score (nSPS) is 11.1. The lowest BCUT2D eigenvalue weighted by Gasteiger charge is -2.04. The number of nitrogens with zero attached hydrogens (tertiary/aromatic N) is 2. The first-order valence-electron chi connectivity index (χ1n) is 7.09. The van der Waals surface area contributed by atoms with E-state index in [0.717, 1.165) is 29.7 Å². The van der Waals surface area contributed by atoms with Crippen molar-refractivity contribution in [3.63, 3.8) is 0 Å². The Labute approximate surface area is 133 Å². The molecular formula is C17H18BrN3. The van der Waals surface area contributed by atoms with Crippen LogP contribution in [-0.2, 0) is 13.0 Å². The molecule has 3 rings (SSSR count). The molecule has 4 heteroatoms. The quantitative estimate of drug-likeness (QED) is 0.766. The summed E-state index contributed by atoms with van der Waals surface area (Å²) >= 11 is 3.43. The zero-order valence-electron chi connectivity index (χ0n) is 12.0. The summed E-state index contributed by atoms with van der Waals surface area (Å²) in [6.07, 6.45) is 5.15. The van der Waals surface area contributed by atoms with Crippen molar-refractivity contribution in [3.05, 3.63) is 64.5 Å². The number of benzene rings is 1. The third-order valence-electron chi connectivity index (χ3n) is 3.64. The first-order chi connectivity index (χ1) is 10.3. The van der Waals surface area contributed by atoms with E-state index >= 15 is 0 Å². The summed E-state index contributed by atoms with van der Waals surface area (Å²) in [5.74, 6) is 0. The van der Waals surface area contributed by atoms with E-state index in [9.17, 15) is 0 Å². The summed E-state index contributed by atoms with van der Waals surface area (Å²) in [5.41, 5.74) is 3.73. The van der Waals surface area contributed by atoms with Crippen LogP contribution < -0.4 is 5.32 Å². The fourth-order valence-electron chi connectivity index (χ4n) is 2.59. The Morgan fingerprint density at radius 3 is 2.81 bits per heavy atom. The molecule has 3 nitrogen and oxygen atoms in total. The third kappa shape index (κ3) is 3.17. The number of para-hydroxylation sites is 1. The molecule has 0 aliphatic rings. The molecular weight excluding hydrogens is 326 g/mol. The van der Waals surface area contributed by atoms with Gasteiger partial charge in [-0.25, -0.2) is 0 Å². The Hall–Kier alpha value is -1.65. The number of halogens is 1. The van der Waals surface area contributed by atoms with Crippen LogP contribution in [0.2, 0.25) is 0 Å². The maximum absolute atomic E-state index is 4.47. The highest BCUT2D eigenvalue weighted by Gasteiger charge is 2.08. The molecule has 0 aliphatic carbocycles. The van der Waals surface area contributed by atoms with E-state index in [-0.39, 0.29) is 0 Å². The van der Waals surface area contributed by atoms with E-state index in [4.69, 9.17) is 0 Å². The molecule has 0 saturated heterocycles. The number of hydrogen-bond donors (Lipinski definition) is 1. The van der Waals surface area contributed by atoms with Crippen molar-refractivity contribution in [2.45, 2.75) is 13.0 Å². The molecule has 0 amide bonds. The van der Waals surface area contributed by atoms with E-state index in [1.54, 1.807) is 0 Å². The maximum Gasteiger partial charge on any atom is 0.0648 e. The van der Waals surface area contributed by atoms with E-state index in [1.165, 1.54) is 16.5 Å². The molecule has 0 radical (unpaired) electrons. The lowest BCUT2D eigenvalue weighted by atomic mass is 10.1. The second-order valence-corrected chi connectivity index (χ2v) is 6.04. The van der Waals surface area contributed by atoms with E-state index in [2.05, 4.69) is 67.3 Å². The maximum atomic E-state index is 4.47. The van der Waals surface area contributed by atoms with Crippen molar-refractivity contribution in [2.75, 3.05) is 13.6 Å². The number of aromatic nitrogens is 2. The van der Waals surface area contributed by atoms with Crippen molar-refractivity contribution >= 4 is 26.8 Å². The van der Waals surface area contributed by atoms with Gasteiger partial charge in [-0.3, -0.25) is 4.98 Å². The molecule has 0 spiro atoms. The lowest BCUT2D eigenvalue weighted by molar-refractivity contribution is 0.775. The molecule has 0 bridgehead atoms. The molecule has 0 atom stereocenters. The molecule has 21 heavy (non-hydrogen) atoms. The molecule has 0 fully saturated rings. The number of pyridine rings is 1. The van der Waals surface area contributed by atoms with Crippen molar-refractivity contribution in [2.24, 2.45) is 0 Å². The summed E-state index contributed by atoms with van der Waals surface area (Å²) in [7, 11) is 1.99. The minimum Gasteiger partial charge on any atom is -0.341 e. The van der Waals surface area contributed by atoms with Crippen molar-refractivity contribution in [1.29, 1.82) is 0 Å². The molecule has 0 saturated carbocycles. The monoisotopic (exact) mass is 343 g/mol. The fraction of sp³-hybridized carbons (Fsp3) is 0.235. The Morgan fingerprint density at radius 2 is 2.05 bits per heavy atom. The molecule has 108 valence electrons. The topological polar surface area (TPSA) is 29.9 Å². The molecule has 1 aromatic carbocycles. The van der Waals surface area contributed by atoms with Crippen LogP contribution in [0, 0.1) is 0 Å².